The van der Waals surface area contributed by atoms with Gasteiger partial charge >= 0.3 is 0 Å². The molecule has 0 aromatic rings. The molecule has 0 bridgehead atoms. The van der Waals surface area contributed by atoms with Gasteiger partial charge < -0.3 is 10.2 Å². The third kappa shape index (κ3) is 4.73. The van der Waals surface area contributed by atoms with Crippen LogP contribution >= 0.6 is 0 Å². The number of rotatable bonds is 7. The lowest BCUT2D eigenvalue weighted by Crippen LogP contribution is -2.32. The second kappa shape index (κ2) is 7.56. The Morgan fingerprint density at radius 1 is 1.25 bits per heavy atom. The Hall–Kier alpha value is -0.0800. The van der Waals surface area contributed by atoms with E-state index in [1.807, 2.05) is 7.05 Å². The largest absolute Gasteiger partial charge is 0.320 e. The molecular formula is C10H24N2. The topological polar surface area (TPSA) is 15.3 Å². The Balaban J connectivity index is 3.47. The summed E-state index contributed by atoms with van der Waals surface area (Å²) < 4.78 is 0. The summed E-state index contributed by atoms with van der Waals surface area (Å²) in [6.07, 6.45) is 3.79. The summed E-state index contributed by atoms with van der Waals surface area (Å²) in [6, 6.07) is 0.779. The lowest BCUT2D eigenvalue weighted by Gasteiger charge is -2.25. The fourth-order valence-electron chi connectivity index (χ4n) is 1.60. The van der Waals surface area contributed by atoms with Crippen molar-refractivity contribution in [1.82, 2.24) is 10.2 Å². The number of hydrogen-bond acceptors (Lipinski definition) is 2. The van der Waals surface area contributed by atoms with Crippen LogP contribution in [0.15, 0.2) is 0 Å². The maximum atomic E-state index is 3.17. The molecule has 2 nitrogen and oxygen atoms in total. The van der Waals surface area contributed by atoms with Crippen molar-refractivity contribution in [3.63, 3.8) is 0 Å². The van der Waals surface area contributed by atoms with Crippen LogP contribution in [0.1, 0.15) is 33.1 Å². The molecule has 2 heteroatoms. The Morgan fingerprint density at radius 2 is 1.83 bits per heavy atom. The van der Waals surface area contributed by atoms with Crippen LogP contribution in [0.5, 0.6) is 0 Å². The van der Waals surface area contributed by atoms with Crippen LogP contribution in [-0.2, 0) is 0 Å². The smallest absolute Gasteiger partial charge is 0.00869 e. The molecule has 0 saturated carbocycles. The summed E-state index contributed by atoms with van der Waals surface area (Å²) in [5.41, 5.74) is 0. The first kappa shape index (κ1) is 11.9. The second-order valence-corrected chi connectivity index (χ2v) is 3.41. The fraction of sp³-hybridized carbons (Fsp3) is 1.00. The molecule has 0 heterocycles. The molecule has 0 saturated heterocycles. The highest BCUT2D eigenvalue weighted by molar-refractivity contribution is 4.64. The fourth-order valence-corrected chi connectivity index (χ4v) is 1.60. The third-order valence-electron chi connectivity index (χ3n) is 2.50. The Bertz CT molecular complexity index is 89.8. The predicted octanol–water partition coefficient (Wildman–Crippen LogP) is 1.72. The van der Waals surface area contributed by atoms with Gasteiger partial charge in [-0.25, -0.2) is 0 Å². The summed E-state index contributed by atoms with van der Waals surface area (Å²) in [4.78, 5) is 2.47. The van der Waals surface area contributed by atoms with Crippen molar-refractivity contribution >= 4 is 0 Å². The highest BCUT2D eigenvalue weighted by Gasteiger charge is 2.08. The van der Waals surface area contributed by atoms with E-state index in [1.54, 1.807) is 0 Å². The molecule has 0 aliphatic heterocycles. The van der Waals surface area contributed by atoms with Crippen LogP contribution in [0.4, 0.5) is 0 Å². The van der Waals surface area contributed by atoms with Crippen LogP contribution in [0.25, 0.3) is 0 Å². The maximum absolute atomic E-state index is 3.17. The van der Waals surface area contributed by atoms with Crippen molar-refractivity contribution in [3.8, 4) is 0 Å². The van der Waals surface area contributed by atoms with Gasteiger partial charge in [0.25, 0.3) is 0 Å². The maximum Gasteiger partial charge on any atom is 0.00869 e. The van der Waals surface area contributed by atoms with E-state index in [1.165, 1.54) is 25.8 Å². The Labute approximate surface area is 77.3 Å². The lowest BCUT2D eigenvalue weighted by atomic mass is 10.1. The molecule has 0 aromatic heterocycles. The van der Waals surface area contributed by atoms with Gasteiger partial charge in [0.15, 0.2) is 0 Å². The third-order valence-corrected chi connectivity index (χ3v) is 2.50. The average Bonchev–Trinajstić information content (AvgIpc) is 2.07. The number of hydrogen-bond donors (Lipinski definition) is 1. The van der Waals surface area contributed by atoms with Gasteiger partial charge in [0.1, 0.15) is 0 Å². The Morgan fingerprint density at radius 3 is 2.25 bits per heavy atom. The predicted molar refractivity (Wildman–Crippen MR) is 55.5 cm³/mol. The van der Waals surface area contributed by atoms with Crippen molar-refractivity contribution in [2.45, 2.75) is 39.2 Å². The first-order valence-electron chi connectivity index (χ1n) is 5.11. The van der Waals surface area contributed by atoms with Gasteiger partial charge in [-0.1, -0.05) is 13.8 Å². The summed E-state index contributed by atoms with van der Waals surface area (Å²) >= 11 is 0. The second-order valence-electron chi connectivity index (χ2n) is 3.41. The van der Waals surface area contributed by atoms with Crippen LogP contribution in [-0.4, -0.2) is 38.1 Å². The summed E-state index contributed by atoms with van der Waals surface area (Å²) in [5, 5.41) is 3.17. The molecule has 0 aliphatic carbocycles. The van der Waals surface area contributed by atoms with Gasteiger partial charge in [0, 0.05) is 6.04 Å². The van der Waals surface area contributed by atoms with Crippen LogP contribution in [0, 0.1) is 0 Å². The van der Waals surface area contributed by atoms with Crippen LogP contribution < -0.4 is 5.32 Å². The minimum atomic E-state index is 0.779. The summed E-state index contributed by atoms with van der Waals surface area (Å²) in [6.45, 7) is 6.88. The van der Waals surface area contributed by atoms with Gasteiger partial charge in [-0.2, -0.15) is 0 Å². The molecule has 0 aromatic carbocycles. The van der Waals surface area contributed by atoms with Crippen molar-refractivity contribution in [1.29, 1.82) is 0 Å². The first-order valence-corrected chi connectivity index (χ1v) is 5.11. The molecule has 0 aliphatic rings. The van der Waals surface area contributed by atoms with E-state index in [-0.39, 0.29) is 0 Å². The lowest BCUT2D eigenvalue weighted by molar-refractivity contribution is 0.227. The van der Waals surface area contributed by atoms with Crippen molar-refractivity contribution in [2.75, 3.05) is 27.2 Å². The quantitative estimate of drug-likeness (QED) is 0.588. The highest BCUT2D eigenvalue weighted by Crippen LogP contribution is 2.05. The molecule has 74 valence electrons. The molecule has 0 spiro atoms. The summed E-state index contributed by atoms with van der Waals surface area (Å²) in [5.74, 6) is 0. The van der Waals surface area contributed by atoms with Gasteiger partial charge in [-0.15, -0.1) is 0 Å². The molecule has 12 heavy (non-hydrogen) atoms. The van der Waals surface area contributed by atoms with Gasteiger partial charge in [0.05, 0.1) is 0 Å². The van der Waals surface area contributed by atoms with Crippen LogP contribution in [0.3, 0.4) is 0 Å². The van der Waals surface area contributed by atoms with E-state index < -0.39 is 0 Å². The zero-order chi connectivity index (χ0) is 9.40. The minimum absolute atomic E-state index is 0.779. The van der Waals surface area contributed by atoms with E-state index in [4.69, 9.17) is 0 Å². The molecule has 1 N–H and O–H groups in total. The first-order chi connectivity index (χ1) is 5.76. The molecule has 0 amide bonds. The molecule has 0 unspecified atom stereocenters. The Kier molecular flexibility index (Phi) is 7.51. The average molecular weight is 172 g/mol. The van der Waals surface area contributed by atoms with Crippen LogP contribution in [0.2, 0.25) is 0 Å². The van der Waals surface area contributed by atoms with E-state index in [9.17, 15) is 0 Å². The van der Waals surface area contributed by atoms with Crippen molar-refractivity contribution in [3.05, 3.63) is 0 Å². The highest BCUT2D eigenvalue weighted by atomic mass is 15.1. The van der Waals surface area contributed by atoms with Gasteiger partial charge in [0.2, 0.25) is 0 Å². The van der Waals surface area contributed by atoms with E-state index in [0.717, 1.165) is 12.6 Å². The zero-order valence-corrected chi connectivity index (χ0v) is 9.06. The summed E-state index contributed by atoms with van der Waals surface area (Å²) in [7, 11) is 4.24. The molecule has 0 rings (SSSR count). The monoisotopic (exact) mass is 172 g/mol. The normalized spacial score (nSPS) is 11.5. The van der Waals surface area contributed by atoms with E-state index in [0.29, 0.717) is 0 Å². The van der Waals surface area contributed by atoms with E-state index >= 15 is 0 Å². The van der Waals surface area contributed by atoms with Crippen molar-refractivity contribution in [2.24, 2.45) is 0 Å². The van der Waals surface area contributed by atoms with Crippen molar-refractivity contribution < 1.29 is 0 Å². The number of nitrogens with zero attached hydrogens (tertiary/aromatic N) is 1. The van der Waals surface area contributed by atoms with Gasteiger partial charge in [-0.05, 0) is 46.4 Å². The zero-order valence-electron chi connectivity index (χ0n) is 9.06. The molecular weight excluding hydrogens is 148 g/mol. The SMILES string of the molecule is CCC(CC)N(C)CCCNC. The molecule has 0 fully saturated rings. The van der Waals surface area contributed by atoms with E-state index in [2.05, 4.69) is 31.1 Å². The standard InChI is InChI=1S/C10H24N2/c1-5-10(6-2)12(4)9-7-8-11-3/h10-11H,5-9H2,1-4H3. The minimum Gasteiger partial charge on any atom is -0.320 e. The molecule has 0 radical (unpaired) electrons. The molecule has 0 atom stereocenters. The van der Waals surface area contributed by atoms with Gasteiger partial charge in [-0.3, -0.25) is 0 Å². The number of nitrogens with one attached hydrogen (secondary N) is 1.